The van der Waals surface area contributed by atoms with Crippen LogP contribution in [0.3, 0.4) is 0 Å². The van der Waals surface area contributed by atoms with E-state index in [1.807, 2.05) is 0 Å². The van der Waals surface area contributed by atoms with Gasteiger partial charge < -0.3 is 14.2 Å². The Balaban J connectivity index is 1.54. The largest absolute Gasteiger partial charge is 0.463 e. The van der Waals surface area contributed by atoms with E-state index in [9.17, 15) is 14.9 Å². The van der Waals surface area contributed by atoms with Gasteiger partial charge in [0.25, 0.3) is 11.6 Å². The van der Waals surface area contributed by atoms with Gasteiger partial charge in [0.05, 0.1) is 28.5 Å². The van der Waals surface area contributed by atoms with E-state index in [4.69, 9.17) is 8.83 Å². The molecule has 0 fully saturated rings. The third-order valence-corrected chi connectivity index (χ3v) is 4.75. The lowest BCUT2D eigenvalue weighted by Crippen LogP contribution is -2.12. The number of nitro benzene ring substituents is 1. The maximum Gasteiger partial charge on any atom is 0.271 e. The van der Waals surface area contributed by atoms with Gasteiger partial charge in [-0.2, -0.15) is 0 Å². The van der Waals surface area contributed by atoms with Crippen LogP contribution in [0, 0.1) is 10.1 Å². The van der Waals surface area contributed by atoms with Crippen molar-refractivity contribution >= 4 is 28.3 Å². The molecule has 0 bridgehead atoms. The molecule has 0 radical (unpaired) electrons. The minimum absolute atomic E-state index is 0.110. The van der Waals surface area contributed by atoms with E-state index < -0.39 is 10.8 Å². The zero-order chi connectivity index (χ0) is 22.1. The third-order valence-electron chi connectivity index (χ3n) is 4.75. The van der Waals surface area contributed by atoms with E-state index in [0.29, 0.717) is 45.2 Å². The number of anilines is 1. The van der Waals surface area contributed by atoms with E-state index in [0.717, 1.165) is 0 Å². The molecule has 1 amide bonds. The molecule has 0 spiro atoms. The zero-order valence-corrected chi connectivity index (χ0v) is 16.4. The van der Waals surface area contributed by atoms with Crippen molar-refractivity contribution in [3.63, 3.8) is 0 Å². The van der Waals surface area contributed by atoms with Crippen LogP contribution < -0.4 is 5.32 Å². The highest BCUT2D eigenvalue weighted by Gasteiger charge is 2.18. The average Bonchev–Trinajstić information content (AvgIpc) is 3.52. The Morgan fingerprint density at radius 3 is 2.16 bits per heavy atom. The van der Waals surface area contributed by atoms with E-state index in [-0.39, 0.29) is 5.69 Å². The first-order valence-electron chi connectivity index (χ1n) is 9.54. The Bertz CT molecular complexity index is 1440. The number of nitro groups is 1. The molecule has 5 aromatic rings. The highest BCUT2D eigenvalue weighted by molar-refractivity contribution is 6.06. The quantitative estimate of drug-likeness (QED) is 0.298. The molecule has 3 heterocycles. The van der Waals surface area contributed by atoms with Crippen LogP contribution >= 0.6 is 0 Å². The normalized spacial score (nSPS) is 10.9. The van der Waals surface area contributed by atoms with Gasteiger partial charge in [-0.1, -0.05) is 6.07 Å². The number of aromatic nitrogens is 2. The summed E-state index contributed by atoms with van der Waals surface area (Å²) in [5.74, 6) is 0.624. The molecule has 0 saturated carbocycles. The van der Waals surface area contributed by atoms with Crippen LogP contribution in [0.5, 0.6) is 0 Å². The number of nitrogens with one attached hydrogen (secondary N) is 1. The maximum atomic E-state index is 12.7. The molecule has 3 aromatic heterocycles. The summed E-state index contributed by atoms with van der Waals surface area (Å²) in [5, 5.41) is 13.6. The summed E-state index contributed by atoms with van der Waals surface area (Å²) >= 11 is 0. The van der Waals surface area contributed by atoms with Gasteiger partial charge in [0, 0.05) is 23.4 Å². The topological polar surface area (TPSA) is 124 Å². The maximum absolute atomic E-state index is 12.7. The highest BCUT2D eigenvalue weighted by atomic mass is 16.6. The number of hydrogen-bond acceptors (Lipinski definition) is 7. The molecule has 0 unspecified atom stereocenters. The molecule has 9 nitrogen and oxygen atoms in total. The van der Waals surface area contributed by atoms with Crippen LogP contribution in [-0.2, 0) is 0 Å². The van der Waals surface area contributed by atoms with Gasteiger partial charge >= 0.3 is 0 Å². The predicted octanol–water partition coefficient (Wildman–Crippen LogP) is 5.31. The lowest BCUT2D eigenvalue weighted by atomic mass is 10.1. The number of amides is 1. The standard InChI is InChI=1S/C23H14N4O5/c28-23(24-15-4-1-5-16(13-15)27(29)30)14-8-9-17-18(12-14)26-22(20-7-3-11-32-20)21(25-17)19-6-2-10-31-19/h1-13H,(H,24,28). The Labute approximate surface area is 180 Å². The van der Waals surface area contributed by atoms with Crippen molar-refractivity contribution in [1.29, 1.82) is 0 Å². The first kappa shape index (κ1) is 19.2. The Kier molecular flexibility index (Phi) is 4.68. The number of carbonyl (C=O) groups is 1. The summed E-state index contributed by atoms with van der Waals surface area (Å²) in [6.07, 6.45) is 3.09. The Hall–Kier alpha value is -4.79. The van der Waals surface area contributed by atoms with Gasteiger partial charge in [-0.3, -0.25) is 14.9 Å². The van der Waals surface area contributed by atoms with Crippen LogP contribution in [0.2, 0.25) is 0 Å². The number of fused-ring (bicyclic) bond motifs is 1. The summed E-state index contributed by atoms with van der Waals surface area (Å²) in [7, 11) is 0. The fourth-order valence-electron chi connectivity index (χ4n) is 3.27. The first-order chi connectivity index (χ1) is 15.6. The summed E-state index contributed by atoms with van der Waals surface area (Å²) in [6, 6.07) is 17.7. The minimum atomic E-state index is -0.520. The lowest BCUT2D eigenvalue weighted by molar-refractivity contribution is -0.384. The van der Waals surface area contributed by atoms with E-state index in [2.05, 4.69) is 15.3 Å². The van der Waals surface area contributed by atoms with E-state index >= 15 is 0 Å². The number of benzene rings is 2. The molecule has 2 aromatic carbocycles. The smallest absolute Gasteiger partial charge is 0.271 e. The number of furan rings is 2. The second kappa shape index (κ2) is 7.80. The SMILES string of the molecule is O=C(Nc1cccc([N+](=O)[O-])c1)c1ccc2nc(-c3ccco3)c(-c3ccco3)nc2c1. The predicted molar refractivity (Wildman–Crippen MR) is 116 cm³/mol. The molecule has 5 rings (SSSR count). The zero-order valence-electron chi connectivity index (χ0n) is 16.4. The number of nitrogens with zero attached hydrogens (tertiary/aromatic N) is 3. The lowest BCUT2D eigenvalue weighted by Gasteiger charge is -2.09. The van der Waals surface area contributed by atoms with Crippen LogP contribution in [0.15, 0.2) is 88.1 Å². The van der Waals surface area contributed by atoms with E-state index in [1.165, 1.54) is 24.5 Å². The van der Waals surface area contributed by atoms with Gasteiger partial charge in [0.2, 0.25) is 0 Å². The molecule has 1 N–H and O–H groups in total. The molecule has 0 saturated heterocycles. The molecule has 156 valence electrons. The van der Waals surface area contributed by atoms with Crippen molar-refractivity contribution in [2.45, 2.75) is 0 Å². The van der Waals surface area contributed by atoms with Gasteiger partial charge in [-0.05, 0) is 48.5 Å². The second-order valence-corrected chi connectivity index (χ2v) is 6.84. The molecule has 0 atom stereocenters. The first-order valence-corrected chi connectivity index (χ1v) is 9.54. The monoisotopic (exact) mass is 426 g/mol. The van der Waals surface area contributed by atoms with Crippen LogP contribution in [0.25, 0.3) is 33.9 Å². The molecule has 0 aliphatic heterocycles. The van der Waals surface area contributed by atoms with Crippen LogP contribution in [-0.4, -0.2) is 20.8 Å². The highest BCUT2D eigenvalue weighted by Crippen LogP contribution is 2.31. The van der Waals surface area contributed by atoms with Gasteiger partial charge in [0.15, 0.2) is 11.5 Å². The Morgan fingerprint density at radius 1 is 0.844 bits per heavy atom. The molecule has 32 heavy (non-hydrogen) atoms. The van der Waals surface area contributed by atoms with Crippen molar-refractivity contribution in [2.24, 2.45) is 0 Å². The number of non-ortho nitro benzene ring substituents is 1. The summed E-state index contributed by atoms with van der Waals surface area (Å²) < 4.78 is 11.0. The fourth-order valence-corrected chi connectivity index (χ4v) is 3.27. The van der Waals surface area contributed by atoms with Crippen molar-refractivity contribution < 1.29 is 18.6 Å². The fraction of sp³-hybridized carbons (Fsp3) is 0. The molecule has 9 heteroatoms. The van der Waals surface area contributed by atoms with Gasteiger partial charge in [-0.25, -0.2) is 9.97 Å². The molecule has 0 aliphatic rings. The molecular weight excluding hydrogens is 412 g/mol. The van der Waals surface area contributed by atoms with Crippen molar-refractivity contribution in [3.05, 3.63) is 94.9 Å². The average molecular weight is 426 g/mol. The third kappa shape index (κ3) is 3.58. The summed E-state index contributed by atoms with van der Waals surface area (Å²) in [6.45, 7) is 0. The minimum Gasteiger partial charge on any atom is -0.463 e. The van der Waals surface area contributed by atoms with Crippen molar-refractivity contribution in [3.8, 4) is 22.9 Å². The van der Waals surface area contributed by atoms with E-state index in [1.54, 1.807) is 54.8 Å². The van der Waals surface area contributed by atoms with Crippen LogP contribution in [0.1, 0.15) is 10.4 Å². The molecular formula is C23H14N4O5. The second-order valence-electron chi connectivity index (χ2n) is 6.84. The van der Waals surface area contributed by atoms with Crippen molar-refractivity contribution in [2.75, 3.05) is 5.32 Å². The Morgan fingerprint density at radius 2 is 1.53 bits per heavy atom. The molecule has 0 aliphatic carbocycles. The summed E-state index contributed by atoms with van der Waals surface area (Å²) in [4.78, 5) is 32.5. The number of carbonyl (C=O) groups excluding carboxylic acids is 1. The van der Waals surface area contributed by atoms with Gasteiger partial charge in [0.1, 0.15) is 11.4 Å². The van der Waals surface area contributed by atoms with Crippen molar-refractivity contribution in [1.82, 2.24) is 9.97 Å². The summed E-state index contributed by atoms with van der Waals surface area (Å²) in [5.41, 5.74) is 2.59. The van der Waals surface area contributed by atoms with Gasteiger partial charge in [-0.15, -0.1) is 0 Å². The van der Waals surface area contributed by atoms with Crippen LogP contribution in [0.4, 0.5) is 11.4 Å². The number of rotatable bonds is 5. The number of hydrogen-bond donors (Lipinski definition) is 1.